The molecule has 0 aromatic heterocycles. The summed E-state index contributed by atoms with van der Waals surface area (Å²) >= 11 is 5.73. The van der Waals surface area contributed by atoms with Crippen molar-refractivity contribution in [1.82, 2.24) is 0 Å². The maximum atomic E-state index is 11.5. The quantitative estimate of drug-likeness (QED) is 0.542. The van der Waals surface area contributed by atoms with E-state index in [1.807, 2.05) is 12.1 Å². The van der Waals surface area contributed by atoms with Gasteiger partial charge in [0.05, 0.1) is 6.21 Å². The lowest BCUT2D eigenvalue weighted by molar-refractivity contribution is 0.131. The molecule has 0 N–H and O–H groups in total. The second kappa shape index (κ2) is 5.54. The Morgan fingerprint density at radius 3 is 3.08 bits per heavy atom. The molecule has 2 nitrogen and oxygen atoms in total. The molecule has 0 unspecified atom stereocenters. The maximum absolute atomic E-state index is 11.5. The van der Waals surface area contributed by atoms with E-state index >= 15 is 0 Å². The predicted octanol–water partition coefficient (Wildman–Crippen LogP) is 2.81. The minimum Gasteiger partial charge on any atom is -0.391 e. The molecule has 0 aliphatic rings. The van der Waals surface area contributed by atoms with Crippen LogP contribution in [-0.2, 0) is 11.4 Å². The zero-order valence-corrected chi connectivity index (χ0v) is 7.67. The lowest BCUT2D eigenvalue weighted by atomic mass is 10.2. The summed E-state index contributed by atoms with van der Waals surface area (Å²) in [4.78, 5) is 4.79. The second-order valence-corrected chi connectivity index (χ2v) is 2.78. The largest absolute Gasteiger partial charge is 0.391 e. The highest BCUT2D eigenvalue weighted by Gasteiger charge is 1.92. The van der Waals surface area contributed by atoms with Crippen molar-refractivity contribution in [3.8, 4) is 0 Å². The van der Waals surface area contributed by atoms with Crippen LogP contribution in [0.25, 0.3) is 0 Å². The Labute approximate surface area is 81.0 Å². The molecular formula is C9H9ClFNO. The van der Waals surface area contributed by atoms with E-state index in [0.717, 1.165) is 11.8 Å². The zero-order valence-electron chi connectivity index (χ0n) is 6.91. The first-order chi connectivity index (χ1) is 6.33. The number of benzene rings is 1. The van der Waals surface area contributed by atoms with Gasteiger partial charge in [-0.1, -0.05) is 28.9 Å². The molecule has 0 saturated heterocycles. The molecule has 0 aliphatic carbocycles. The average Bonchev–Trinajstić information content (AvgIpc) is 2.13. The van der Waals surface area contributed by atoms with Gasteiger partial charge >= 0.3 is 0 Å². The standard InChI is InChI=1S/C9H9ClFNO/c10-9-3-1-2-8(6-9)7-13-12-5-4-11/h1-3,5-6H,4,7H2/b12-5-. The molecule has 4 heteroatoms. The second-order valence-electron chi connectivity index (χ2n) is 2.35. The summed E-state index contributed by atoms with van der Waals surface area (Å²) in [6.45, 7) is -0.313. The van der Waals surface area contributed by atoms with Crippen LogP contribution in [0.4, 0.5) is 4.39 Å². The summed E-state index contributed by atoms with van der Waals surface area (Å²) in [6.07, 6.45) is 1.06. The SMILES string of the molecule is FC/C=N\OCc1cccc(Cl)c1. The van der Waals surface area contributed by atoms with Crippen molar-refractivity contribution >= 4 is 17.8 Å². The van der Waals surface area contributed by atoms with E-state index < -0.39 is 6.67 Å². The Morgan fingerprint density at radius 2 is 2.38 bits per heavy atom. The molecule has 0 amide bonds. The van der Waals surface area contributed by atoms with Gasteiger partial charge in [0.1, 0.15) is 13.3 Å². The molecular weight excluding hydrogens is 193 g/mol. The lowest BCUT2D eigenvalue weighted by Crippen LogP contribution is -1.87. The normalized spacial score (nSPS) is 10.6. The summed E-state index contributed by atoms with van der Waals surface area (Å²) in [7, 11) is 0. The molecule has 0 heterocycles. The van der Waals surface area contributed by atoms with Crippen LogP contribution in [0.15, 0.2) is 29.4 Å². The minimum atomic E-state index is -0.616. The lowest BCUT2D eigenvalue weighted by Gasteiger charge is -1.99. The molecule has 70 valence electrons. The van der Waals surface area contributed by atoms with Crippen molar-refractivity contribution in [1.29, 1.82) is 0 Å². The highest BCUT2D eigenvalue weighted by atomic mass is 35.5. The van der Waals surface area contributed by atoms with E-state index in [2.05, 4.69) is 5.16 Å². The van der Waals surface area contributed by atoms with Gasteiger partial charge in [0, 0.05) is 5.02 Å². The van der Waals surface area contributed by atoms with Crippen molar-refractivity contribution in [2.24, 2.45) is 5.16 Å². The van der Waals surface area contributed by atoms with Crippen molar-refractivity contribution in [3.05, 3.63) is 34.9 Å². The molecule has 0 bridgehead atoms. The van der Waals surface area contributed by atoms with Crippen LogP contribution in [0.1, 0.15) is 5.56 Å². The monoisotopic (exact) mass is 201 g/mol. The van der Waals surface area contributed by atoms with E-state index in [1.54, 1.807) is 12.1 Å². The highest BCUT2D eigenvalue weighted by Crippen LogP contribution is 2.11. The molecule has 0 saturated carbocycles. The molecule has 0 aliphatic heterocycles. The summed E-state index contributed by atoms with van der Waals surface area (Å²) < 4.78 is 11.5. The first-order valence-corrected chi connectivity index (χ1v) is 4.15. The van der Waals surface area contributed by atoms with Gasteiger partial charge in [-0.15, -0.1) is 0 Å². The van der Waals surface area contributed by atoms with Crippen molar-refractivity contribution in [2.45, 2.75) is 6.61 Å². The van der Waals surface area contributed by atoms with E-state index in [1.165, 1.54) is 0 Å². The van der Waals surface area contributed by atoms with E-state index in [4.69, 9.17) is 16.4 Å². The number of halogens is 2. The van der Waals surface area contributed by atoms with Crippen LogP contribution in [0, 0.1) is 0 Å². The van der Waals surface area contributed by atoms with Crippen LogP contribution in [0.2, 0.25) is 5.02 Å². The number of alkyl halides is 1. The average molecular weight is 202 g/mol. The molecule has 0 fully saturated rings. The van der Waals surface area contributed by atoms with Gasteiger partial charge in [0.2, 0.25) is 0 Å². The van der Waals surface area contributed by atoms with Crippen LogP contribution in [-0.4, -0.2) is 12.9 Å². The Kier molecular flexibility index (Phi) is 4.26. The Hall–Kier alpha value is -1.09. The number of hydrogen-bond donors (Lipinski definition) is 0. The number of nitrogens with zero attached hydrogens (tertiary/aromatic N) is 1. The summed E-state index contributed by atoms with van der Waals surface area (Å²) in [5.41, 5.74) is 0.906. The van der Waals surface area contributed by atoms with Gasteiger partial charge in [-0.3, -0.25) is 0 Å². The molecule has 0 spiro atoms. The van der Waals surface area contributed by atoms with E-state index in [9.17, 15) is 4.39 Å². The molecule has 0 atom stereocenters. The smallest absolute Gasteiger partial charge is 0.142 e. The third kappa shape index (κ3) is 3.90. The fourth-order valence-corrected chi connectivity index (χ4v) is 1.03. The highest BCUT2D eigenvalue weighted by molar-refractivity contribution is 6.30. The van der Waals surface area contributed by atoms with Crippen LogP contribution < -0.4 is 0 Å². The van der Waals surface area contributed by atoms with Crippen LogP contribution >= 0.6 is 11.6 Å². The summed E-state index contributed by atoms with van der Waals surface area (Å²) in [6, 6.07) is 7.22. The molecule has 1 rings (SSSR count). The van der Waals surface area contributed by atoms with Gasteiger partial charge in [0.15, 0.2) is 0 Å². The third-order valence-corrected chi connectivity index (χ3v) is 1.57. The molecule has 0 radical (unpaired) electrons. The van der Waals surface area contributed by atoms with Crippen molar-refractivity contribution in [2.75, 3.05) is 6.67 Å². The first kappa shape index (κ1) is 9.99. The van der Waals surface area contributed by atoms with Gasteiger partial charge in [-0.05, 0) is 17.7 Å². The van der Waals surface area contributed by atoms with Crippen molar-refractivity contribution < 1.29 is 9.23 Å². The first-order valence-electron chi connectivity index (χ1n) is 3.77. The van der Waals surface area contributed by atoms with Gasteiger partial charge in [-0.2, -0.15) is 0 Å². The zero-order chi connectivity index (χ0) is 9.52. The van der Waals surface area contributed by atoms with Gasteiger partial charge < -0.3 is 4.84 Å². The van der Waals surface area contributed by atoms with Crippen LogP contribution in [0.5, 0.6) is 0 Å². The Morgan fingerprint density at radius 1 is 1.54 bits per heavy atom. The van der Waals surface area contributed by atoms with Gasteiger partial charge in [0.25, 0.3) is 0 Å². The topological polar surface area (TPSA) is 21.6 Å². The predicted molar refractivity (Wildman–Crippen MR) is 50.7 cm³/mol. The third-order valence-electron chi connectivity index (χ3n) is 1.34. The fourth-order valence-electron chi connectivity index (χ4n) is 0.819. The molecule has 1 aromatic carbocycles. The van der Waals surface area contributed by atoms with Gasteiger partial charge in [-0.25, -0.2) is 4.39 Å². The number of hydrogen-bond acceptors (Lipinski definition) is 2. The fraction of sp³-hybridized carbons (Fsp3) is 0.222. The molecule has 1 aromatic rings. The molecule has 13 heavy (non-hydrogen) atoms. The van der Waals surface area contributed by atoms with E-state index in [0.29, 0.717) is 11.6 Å². The van der Waals surface area contributed by atoms with Crippen molar-refractivity contribution in [3.63, 3.8) is 0 Å². The van der Waals surface area contributed by atoms with Crippen LogP contribution in [0.3, 0.4) is 0 Å². The minimum absolute atomic E-state index is 0.303. The Balaban J connectivity index is 2.41. The number of rotatable bonds is 4. The van der Waals surface area contributed by atoms with E-state index in [-0.39, 0.29) is 0 Å². The number of oxime groups is 1. The summed E-state index contributed by atoms with van der Waals surface area (Å²) in [5.74, 6) is 0. The Bertz CT molecular complexity index is 291. The maximum Gasteiger partial charge on any atom is 0.142 e. The summed E-state index contributed by atoms with van der Waals surface area (Å²) in [5, 5.41) is 4.02.